The van der Waals surface area contributed by atoms with Gasteiger partial charge in [0.15, 0.2) is 0 Å². The third-order valence-corrected chi connectivity index (χ3v) is 3.39. The van der Waals surface area contributed by atoms with Crippen LogP contribution in [-0.4, -0.2) is 16.3 Å². The third kappa shape index (κ3) is 4.00. The number of nitrogens with one attached hydrogen (secondary N) is 1. The molecule has 0 amide bonds. The van der Waals surface area contributed by atoms with Crippen LogP contribution in [0.2, 0.25) is 0 Å². The summed E-state index contributed by atoms with van der Waals surface area (Å²) >= 11 is 0. The van der Waals surface area contributed by atoms with Gasteiger partial charge in [-0.25, -0.2) is 0 Å². The maximum absolute atomic E-state index is 9.30. The number of aliphatic hydroxyl groups excluding tert-OH is 1. The average Bonchev–Trinajstić information content (AvgIpc) is 2.47. The van der Waals surface area contributed by atoms with Crippen molar-refractivity contribution in [2.45, 2.75) is 32.4 Å². The lowest BCUT2D eigenvalue weighted by atomic mass is 10.1. The normalized spacial score (nSPS) is 12.1. The molecule has 0 spiro atoms. The van der Waals surface area contributed by atoms with Gasteiger partial charge in [-0.1, -0.05) is 30.3 Å². The van der Waals surface area contributed by atoms with E-state index >= 15 is 0 Å². The molecule has 0 aromatic heterocycles. The number of benzene rings is 2. The number of hydrogen-bond acceptors (Lipinski definition) is 3. The van der Waals surface area contributed by atoms with Gasteiger partial charge in [-0.05, 0) is 43.5 Å². The minimum Gasteiger partial charge on any atom is -0.508 e. The second-order valence-corrected chi connectivity index (χ2v) is 5.07. The van der Waals surface area contributed by atoms with Crippen LogP contribution in [0.25, 0.3) is 0 Å². The zero-order chi connectivity index (χ0) is 14.4. The predicted octanol–water partition coefficient (Wildman–Crippen LogP) is 3.32. The summed E-state index contributed by atoms with van der Waals surface area (Å²) in [4.78, 5) is 0. The first-order chi connectivity index (χ1) is 9.69. The van der Waals surface area contributed by atoms with Gasteiger partial charge in [0.05, 0.1) is 6.61 Å². The first-order valence-electron chi connectivity index (χ1n) is 6.92. The van der Waals surface area contributed by atoms with E-state index in [2.05, 4.69) is 12.2 Å². The zero-order valence-electron chi connectivity index (χ0n) is 11.7. The van der Waals surface area contributed by atoms with Gasteiger partial charge in [-0.3, -0.25) is 0 Å². The van der Waals surface area contributed by atoms with Crippen LogP contribution in [0.5, 0.6) is 5.75 Å². The van der Waals surface area contributed by atoms with Gasteiger partial charge in [0.25, 0.3) is 0 Å². The number of anilines is 1. The molecule has 0 aliphatic rings. The molecule has 1 unspecified atom stereocenters. The van der Waals surface area contributed by atoms with Gasteiger partial charge in [0.1, 0.15) is 5.75 Å². The molecule has 3 nitrogen and oxygen atoms in total. The summed E-state index contributed by atoms with van der Waals surface area (Å²) < 4.78 is 0. The first-order valence-corrected chi connectivity index (χ1v) is 6.92. The fourth-order valence-corrected chi connectivity index (χ4v) is 2.18. The molecule has 0 bridgehead atoms. The molecule has 0 fully saturated rings. The molecule has 106 valence electrons. The van der Waals surface area contributed by atoms with Crippen molar-refractivity contribution >= 4 is 5.69 Å². The average molecular weight is 271 g/mol. The molecular weight excluding hydrogens is 250 g/mol. The number of aromatic hydroxyl groups is 1. The molecule has 2 rings (SSSR count). The molecule has 0 radical (unpaired) electrons. The minimum absolute atomic E-state index is 0.0495. The van der Waals surface area contributed by atoms with Crippen LogP contribution in [0, 0.1) is 0 Å². The first kappa shape index (κ1) is 14.4. The summed E-state index contributed by atoms with van der Waals surface area (Å²) in [5, 5.41) is 22.0. The van der Waals surface area contributed by atoms with Crippen LogP contribution < -0.4 is 5.32 Å². The zero-order valence-corrected chi connectivity index (χ0v) is 11.7. The summed E-state index contributed by atoms with van der Waals surface area (Å²) in [5.74, 6) is 0.303. The molecule has 0 aliphatic heterocycles. The second kappa shape index (κ2) is 6.96. The highest BCUT2D eigenvalue weighted by atomic mass is 16.3. The Kier molecular flexibility index (Phi) is 5.02. The van der Waals surface area contributed by atoms with Crippen molar-refractivity contribution in [2.24, 2.45) is 0 Å². The number of rotatable bonds is 6. The van der Waals surface area contributed by atoms with Crippen LogP contribution >= 0.6 is 0 Å². The molecule has 2 aromatic rings. The molecule has 20 heavy (non-hydrogen) atoms. The summed E-state index contributed by atoms with van der Waals surface area (Å²) in [7, 11) is 0. The van der Waals surface area contributed by atoms with E-state index in [4.69, 9.17) is 0 Å². The van der Waals surface area contributed by atoms with E-state index in [9.17, 15) is 10.2 Å². The summed E-state index contributed by atoms with van der Waals surface area (Å²) in [6, 6.07) is 15.5. The van der Waals surface area contributed by atoms with Crippen molar-refractivity contribution in [3.05, 3.63) is 59.7 Å². The van der Waals surface area contributed by atoms with E-state index < -0.39 is 0 Å². The molecule has 0 aliphatic carbocycles. The van der Waals surface area contributed by atoms with Crippen molar-refractivity contribution < 1.29 is 10.2 Å². The highest BCUT2D eigenvalue weighted by molar-refractivity contribution is 5.51. The van der Waals surface area contributed by atoms with Crippen LogP contribution in [0.1, 0.15) is 24.5 Å². The highest BCUT2D eigenvalue weighted by Crippen LogP contribution is 2.18. The molecule has 3 N–H and O–H groups in total. The number of phenols is 1. The van der Waals surface area contributed by atoms with E-state index in [-0.39, 0.29) is 6.61 Å². The Hall–Kier alpha value is -2.00. The van der Waals surface area contributed by atoms with Crippen molar-refractivity contribution in [1.82, 2.24) is 0 Å². The van der Waals surface area contributed by atoms with Gasteiger partial charge < -0.3 is 15.5 Å². The molecule has 0 saturated carbocycles. The molecule has 0 heterocycles. The number of hydrogen-bond donors (Lipinski definition) is 3. The lowest BCUT2D eigenvalue weighted by molar-refractivity contribution is 0.282. The van der Waals surface area contributed by atoms with Crippen molar-refractivity contribution in [1.29, 1.82) is 0 Å². The number of phenolic OH excluding ortho intramolecular Hbond substituents is 1. The Balaban J connectivity index is 1.89. The lowest BCUT2D eigenvalue weighted by Crippen LogP contribution is -2.17. The van der Waals surface area contributed by atoms with Gasteiger partial charge in [-0.2, -0.15) is 0 Å². The SMILES string of the molecule is CC(CCc1ccc(O)cc1)Nc1ccccc1CO. The largest absolute Gasteiger partial charge is 0.508 e. The second-order valence-electron chi connectivity index (χ2n) is 5.07. The molecular formula is C17H21NO2. The summed E-state index contributed by atoms with van der Waals surface area (Å²) in [6.45, 7) is 2.18. The van der Waals surface area contributed by atoms with Crippen LogP contribution in [0.15, 0.2) is 48.5 Å². The maximum atomic E-state index is 9.30. The van der Waals surface area contributed by atoms with Gasteiger partial charge in [0, 0.05) is 17.3 Å². The molecule has 0 saturated heterocycles. The fraction of sp³-hybridized carbons (Fsp3) is 0.294. The van der Waals surface area contributed by atoms with Crippen molar-refractivity contribution in [3.8, 4) is 5.75 Å². The van der Waals surface area contributed by atoms with Crippen LogP contribution in [-0.2, 0) is 13.0 Å². The Labute approximate surface area is 119 Å². The van der Waals surface area contributed by atoms with Gasteiger partial charge in [-0.15, -0.1) is 0 Å². The number of para-hydroxylation sites is 1. The van der Waals surface area contributed by atoms with Gasteiger partial charge >= 0.3 is 0 Å². The molecule has 1 atom stereocenters. The topological polar surface area (TPSA) is 52.5 Å². The predicted molar refractivity (Wildman–Crippen MR) is 81.9 cm³/mol. The Morgan fingerprint density at radius 3 is 2.45 bits per heavy atom. The molecule has 2 aromatic carbocycles. The standard InChI is InChI=1S/C17H21NO2/c1-13(6-7-14-8-10-16(20)11-9-14)18-17-5-3-2-4-15(17)12-19/h2-5,8-11,13,18-20H,6-7,12H2,1H3. The highest BCUT2D eigenvalue weighted by Gasteiger charge is 2.06. The Morgan fingerprint density at radius 2 is 1.75 bits per heavy atom. The lowest BCUT2D eigenvalue weighted by Gasteiger charge is -2.17. The number of aliphatic hydroxyl groups is 1. The van der Waals surface area contributed by atoms with E-state index in [1.165, 1.54) is 5.56 Å². The summed E-state index contributed by atoms with van der Waals surface area (Å²) in [6.07, 6.45) is 1.94. The van der Waals surface area contributed by atoms with E-state index in [0.29, 0.717) is 11.8 Å². The third-order valence-electron chi connectivity index (χ3n) is 3.39. The minimum atomic E-state index is 0.0495. The molecule has 3 heteroatoms. The fourth-order valence-electron chi connectivity index (χ4n) is 2.18. The van der Waals surface area contributed by atoms with Crippen LogP contribution in [0.3, 0.4) is 0 Å². The van der Waals surface area contributed by atoms with E-state index in [1.54, 1.807) is 12.1 Å². The maximum Gasteiger partial charge on any atom is 0.115 e. The van der Waals surface area contributed by atoms with Gasteiger partial charge in [0.2, 0.25) is 0 Å². The van der Waals surface area contributed by atoms with Crippen molar-refractivity contribution in [2.75, 3.05) is 5.32 Å². The number of aryl methyl sites for hydroxylation is 1. The van der Waals surface area contributed by atoms with Crippen molar-refractivity contribution in [3.63, 3.8) is 0 Å². The van der Waals surface area contributed by atoms with E-state index in [1.807, 2.05) is 36.4 Å². The monoisotopic (exact) mass is 271 g/mol. The Bertz CT molecular complexity index is 537. The van der Waals surface area contributed by atoms with Crippen LogP contribution in [0.4, 0.5) is 5.69 Å². The van der Waals surface area contributed by atoms with E-state index in [0.717, 1.165) is 24.1 Å². The summed E-state index contributed by atoms with van der Waals surface area (Å²) in [5.41, 5.74) is 3.13. The Morgan fingerprint density at radius 1 is 1.05 bits per heavy atom. The smallest absolute Gasteiger partial charge is 0.115 e. The quantitative estimate of drug-likeness (QED) is 0.755.